The van der Waals surface area contributed by atoms with Gasteiger partial charge in [-0.1, -0.05) is 0 Å². The van der Waals surface area contributed by atoms with E-state index in [0.717, 1.165) is 18.7 Å². The second kappa shape index (κ2) is 4.88. The number of hydrogen-bond acceptors (Lipinski definition) is 5. The highest BCUT2D eigenvalue weighted by molar-refractivity contribution is 4.78. The molecule has 0 spiro atoms. The minimum atomic E-state index is 0.0498. The van der Waals surface area contributed by atoms with Crippen molar-refractivity contribution in [2.75, 3.05) is 13.7 Å². The minimum Gasteiger partial charge on any atom is -0.383 e. The molecule has 1 atom stereocenters. The summed E-state index contributed by atoms with van der Waals surface area (Å²) in [6, 6.07) is 0.0498. The van der Waals surface area contributed by atoms with Gasteiger partial charge in [-0.25, -0.2) is 0 Å². The normalized spacial score (nSPS) is 13.2. The zero-order valence-corrected chi connectivity index (χ0v) is 7.97. The molecule has 0 fully saturated rings. The molecule has 1 aromatic heterocycles. The summed E-state index contributed by atoms with van der Waals surface area (Å²) in [5.74, 6) is 0.731. The predicted molar refractivity (Wildman–Crippen MR) is 47.0 cm³/mol. The van der Waals surface area contributed by atoms with Crippen LogP contribution in [0, 0.1) is 0 Å². The summed E-state index contributed by atoms with van der Waals surface area (Å²) in [5, 5.41) is 11.6. The van der Waals surface area contributed by atoms with E-state index in [1.54, 1.807) is 14.2 Å². The second-order valence-electron chi connectivity index (χ2n) is 2.95. The summed E-state index contributed by atoms with van der Waals surface area (Å²) in [5.41, 5.74) is 5.73. The summed E-state index contributed by atoms with van der Waals surface area (Å²) >= 11 is 0. The molecular weight excluding hydrogens is 170 g/mol. The molecule has 1 unspecified atom stereocenters. The van der Waals surface area contributed by atoms with Crippen LogP contribution in [0.25, 0.3) is 0 Å². The van der Waals surface area contributed by atoms with Crippen LogP contribution in [-0.2, 0) is 18.2 Å². The van der Waals surface area contributed by atoms with E-state index in [-0.39, 0.29) is 6.04 Å². The average Bonchev–Trinajstić information content (AvgIpc) is 2.49. The monoisotopic (exact) mass is 185 g/mol. The second-order valence-corrected chi connectivity index (χ2v) is 2.95. The van der Waals surface area contributed by atoms with Gasteiger partial charge in [0, 0.05) is 19.6 Å². The molecule has 0 aliphatic heterocycles. The Hall–Kier alpha value is -1.01. The number of tetrazole rings is 1. The van der Waals surface area contributed by atoms with Crippen molar-refractivity contribution in [2.24, 2.45) is 12.8 Å². The van der Waals surface area contributed by atoms with Gasteiger partial charge in [0.2, 0.25) is 0 Å². The molecule has 1 aromatic rings. The lowest BCUT2D eigenvalue weighted by Crippen LogP contribution is -2.26. The van der Waals surface area contributed by atoms with Crippen LogP contribution < -0.4 is 5.73 Å². The highest BCUT2D eigenvalue weighted by Gasteiger charge is 2.05. The topological polar surface area (TPSA) is 78.9 Å². The molecule has 0 aliphatic carbocycles. The van der Waals surface area contributed by atoms with Crippen molar-refractivity contribution in [3.8, 4) is 0 Å². The fourth-order valence-corrected chi connectivity index (χ4v) is 1.04. The first-order chi connectivity index (χ1) is 6.22. The van der Waals surface area contributed by atoms with Crippen molar-refractivity contribution < 1.29 is 4.74 Å². The molecule has 13 heavy (non-hydrogen) atoms. The van der Waals surface area contributed by atoms with E-state index >= 15 is 0 Å². The molecule has 1 heterocycles. The molecule has 1 rings (SSSR count). The van der Waals surface area contributed by atoms with Crippen LogP contribution >= 0.6 is 0 Å². The lowest BCUT2D eigenvalue weighted by atomic mass is 10.2. The van der Waals surface area contributed by atoms with Crippen molar-refractivity contribution >= 4 is 0 Å². The van der Waals surface area contributed by atoms with Gasteiger partial charge in [0.05, 0.1) is 13.7 Å². The van der Waals surface area contributed by atoms with Crippen LogP contribution in [0.1, 0.15) is 12.2 Å². The Morgan fingerprint density at radius 2 is 2.38 bits per heavy atom. The zero-order chi connectivity index (χ0) is 9.68. The Morgan fingerprint density at radius 1 is 1.62 bits per heavy atom. The number of hydrogen-bond donors (Lipinski definition) is 1. The Balaban J connectivity index is 2.26. The first-order valence-corrected chi connectivity index (χ1v) is 4.19. The first-order valence-electron chi connectivity index (χ1n) is 4.19. The third-order valence-corrected chi connectivity index (χ3v) is 1.67. The minimum absolute atomic E-state index is 0.0498. The molecule has 0 saturated heterocycles. The fourth-order valence-electron chi connectivity index (χ4n) is 1.04. The van der Waals surface area contributed by atoms with Crippen molar-refractivity contribution in [1.29, 1.82) is 0 Å². The summed E-state index contributed by atoms with van der Waals surface area (Å²) in [6.07, 6.45) is 1.57. The van der Waals surface area contributed by atoms with Crippen LogP contribution in [0.2, 0.25) is 0 Å². The van der Waals surface area contributed by atoms with Crippen molar-refractivity contribution in [2.45, 2.75) is 18.9 Å². The van der Waals surface area contributed by atoms with Crippen LogP contribution in [0.3, 0.4) is 0 Å². The van der Waals surface area contributed by atoms with E-state index in [1.807, 2.05) is 0 Å². The van der Waals surface area contributed by atoms with Crippen LogP contribution in [0.15, 0.2) is 0 Å². The lowest BCUT2D eigenvalue weighted by molar-refractivity contribution is 0.177. The van der Waals surface area contributed by atoms with Crippen LogP contribution in [-0.4, -0.2) is 40.0 Å². The van der Waals surface area contributed by atoms with Crippen LogP contribution in [0.5, 0.6) is 0 Å². The van der Waals surface area contributed by atoms with Gasteiger partial charge >= 0.3 is 0 Å². The van der Waals surface area contributed by atoms with E-state index in [9.17, 15) is 0 Å². The van der Waals surface area contributed by atoms with Gasteiger partial charge in [0.1, 0.15) is 0 Å². The van der Waals surface area contributed by atoms with Gasteiger partial charge in [-0.05, 0) is 11.6 Å². The van der Waals surface area contributed by atoms with Crippen molar-refractivity contribution in [1.82, 2.24) is 20.2 Å². The quantitative estimate of drug-likeness (QED) is 0.644. The molecule has 6 nitrogen and oxygen atoms in total. The standard InChI is InChI=1S/C7H15N5O/c1-12-10-7(9-11-12)4-3-6(8)5-13-2/h6H,3-5,8H2,1-2H3. The number of nitrogens with zero attached hydrogens (tertiary/aromatic N) is 4. The highest BCUT2D eigenvalue weighted by atomic mass is 16.5. The summed E-state index contributed by atoms with van der Waals surface area (Å²) in [4.78, 5) is 1.44. The Labute approximate surface area is 77.1 Å². The average molecular weight is 185 g/mol. The van der Waals surface area contributed by atoms with E-state index in [0.29, 0.717) is 6.61 Å². The van der Waals surface area contributed by atoms with Gasteiger partial charge in [-0.3, -0.25) is 0 Å². The Morgan fingerprint density at radius 3 is 2.92 bits per heavy atom. The molecule has 6 heteroatoms. The van der Waals surface area contributed by atoms with Gasteiger partial charge in [0.15, 0.2) is 5.82 Å². The van der Waals surface area contributed by atoms with Crippen molar-refractivity contribution in [3.63, 3.8) is 0 Å². The van der Waals surface area contributed by atoms with E-state index in [4.69, 9.17) is 10.5 Å². The Bertz CT molecular complexity index is 249. The van der Waals surface area contributed by atoms with E-state index < -0.39 is 0 Å². The largest absolute Gasteiger partial charge is 0.383 e. The molecule has 0 amide bonds. The molecule has 0 aliphatic rings. The number of rotatable bonds is 5. The molecule has 0 saturated carbocycles. The maximum atomic E-state index is 5.73. The Kier molecular flexibility index (Phi) is 3.78. The number of aryl methyl sites for hydroxylation is 2. The molecule has 74 valence electrons. The van der Waals surface area contributed by atoms with E-state index in [2.05, 4.69) is 15.4 Å². The zero-order valence-electron chi connectivity index (χ0n) is 7.97. The predicted octanol–water partition coefficient (Wildman–Crippen LogP) is -0.884. The number of aromatic nitrogens is 4. The number of methoxy groups -OCH3 is 1. The lowest BCUT2D eigenvalue weighted by Gasteiger charge is -2.07. The third-order valence-electron chi connectivity index (χ3n) is 1.67. The molecule has 0 aromatic carbocycles. The highest BCUT2D eigenvalue weighted by Crippen LogP contribution is 1.96. The van der Waals surface area contributed by atoms with Crippen molar-refractivity contribution in [3.05, 3.63) is 5.82 Å². The molecule has 0 radical (unpaired) electrons. The molecule has 2 N–H and O–H groups in total. The molecular formula is C7H15N5O. The SMILES string of the molecule is COCC(N)CCc1nnn(C)n1. The third kappa shape index (κ3) is 3.47. The fraction of sp³-hybridized carbons (Fsp3) is 0.857. The van der Waals surface area contributed by atoms with Gasteiger partial charge in [-0.15, -0.1) is 10.2 Å². The maximum absolute atomic E-state index is 5.73. The van der Waals surface area contributed by atoms with Crippen LogP contribution in [0.4, 0.5) is 0 Å². The van der Waals surface area contributed by atoms with Gasteiger partial charge < -0.3 is 10.5 Å². The van der Waals surface area contributed by atoms with Gasteiger partial charge in [0.25, 0.3) is 0 Å². The maximum Gasteiger partial charge on any atom is 0.174 e. The van der Waals surface area contributed by atoms with E-state index in [1.165, 1.54) is 4.80 Å². The summed E-state index contributed by atoms with van der Waals surface area (Å²) in [7, 11) is 3.38. The number of nitrogens with two attached hydrogens (primary N) is 1. The first kappa shape index (κ1) is 10.1. The summed E-state index contributed by atoms with van der Waals surface area (Å²) < 4.78 is 4.91. The summed E-state index contributed by atoms with van der Waals surface area (Å²) in [6.45, 7) is 0.570. The van der Waals surface area contributed by atoms with Gasteiger partial charge in [-0.2, -0.15) is 4.80 Å². The number of ether oxygens (including phenoxy) is 1. The molecule has 0 bridgehead atoms. The smallest absolute Gasteiger partial charge is 0.174 e.